The van der Waals surface area contributed by atoms with Gasteiger partial charge in [0, 0.05) is 5.56 Å². The molecular formula is C19H19N2O4+. The molecule has 6 heteroatoms. The Morgan fingerprint density at radius 3 is 2.44 bits per heavy atom. The number of nitrogens with zero attached hydrogens (tertiary/aromatic N) is 1. The standard InChI is InChI=1S/C19H18N2O4/c1-25-19(24)14-7-9-15(10-8-14)21-17(22)11-16(18(21)23)20-12-13-5-3-2-4-6-13/h2-10,16,20H,11-12H2,1H3/p+1/t16-/m1/s1. The first kappa shape index (κ1) is 16.9. The van der Waals surface area contributed by atoms with Gasteiger partial charge in [-0.05, 0) is 24.3 Å². The average molecular weight is 339 g/mol. The minimum Gasteiger partial charge on any atom is -0.465 e. The lowest BCUT2D eigenvalue weighted by Crippen LogP contribution is -2.90. The number of benzene rings is 2. The Bertz CT molecular complexity index is 787. The second-order valence-corrected chi connectivity index (χ2v) is 5.84. The predicted molar refractivity (Wildman–Crippen MR) is 90.8 cm³/mol. The summed E-state index contributed by atoms with van der Waals surface area (Å²) in [5, 5.41) is 1.89. The maximum atomic E-state index is 12.6. The number of imide groups is 1. The normalized spacial score (nSPS) is 17.0. The fraction of sp³-hybridized carbons (Fsp3) is 0.211. The number of carbonyl (C=O) groups excluding carboxylic acids is 3. The molecule has 128 valence electrons. The van der Waals surface area contributed by atoms with Gasteiger partial charge in [0.2, 0.25) is 5.91 Å². The molecule has 25 heavy (non-hydrogen) atoms. The molecule has 3 rings (SSSR count). The summed E-state index contributed by atoms with van der Waals surface area (Å²) in [5.74, 6) is -0.920. The first-order valence-corrected chi connectivity index (χ1v) is 8.02. The summed E-state index contributed by atoms with van der Waals surface area (Å²) < 4.78 is 4.64. The molecule has 1 heterocycles. The van der Waals surface area contributed by atoms with Crippen LogP contribution < -0.4 is 10.2 Å². The summed E-state index contributed by atoms with van der Waals surface area (Å²) in [6, 6.07) is 15.6. The molecule has 2 N–H and O–H groups in total. The molecule has 0 aliphatic carbocycles. The van der Waals surface area contributed by atoms with Crippen molar-refractivity contribution in [3.05, 3.63) is 65.7 Å². The van der Waals surface area contributed by atoms with E-state index >= 15 is 0 Å². The number of methoxy groups -OCH3 is 1. The van der Waals surface area contributed by atoms with Gasteiger partial charge in [0.05, 0.1) is 24.8 Å². The second-order valence-electron chi connectivity index (χ2n) is 5.84. The van der Waals surface area contributed by atoms with Crippen LogP contribution in [0.25, 0.3) is 0 Å². The van der Waals surface area contributed by atoms with E-state index in [1.54, 1.807) is 24.3 Å². The first-order chi connectivity index (χ1) is 12.1. The number of amides is 2. The average Bonchev–Trinajstić information content (AvgIpc) is 2.94. The van der Waals surface area contributed by atoms with Crippen molar-refractivity contribution in [1.29, 1.82) is 0 Å². The number of esters is 1. The van der Waals surface area contributed by atoms with E-state index in [9.17, 15) is 14.4 Å². The Morgan fingerprint density at radius 1 is 1.12 bits per heavy atom. The van der Waals surface area contributed by atoms with Crippen molar-refractivity contribution in [2.45, 2.75) is 19.0 Å². The molecule has 6 nitrogen and oxygen atoms in total. The molecule has 1 saturated heterocycles. The molecule has 2 amide bonds. The van der Waals surface area contributed by atoms with Crippen LogP contribution in [-0.4, -0.2) is 30.9 Å². The van der Waals surface area contributed by atoms with Crippen LogP contribution in [0.1, 0.15) is 22.3 Å². The summed E-state index contributed by atoms with van der Waals surface area (Å²) in [5.41, 5.74) is 1.94. The monoisotopic (exact) mass is 339 g/mol. The SMILES string of the molecule is COC(=O)c1ccc(N2C(=O)C[C@@H]([NH2+]Cc3ccccc3)C2=O)cc1. The summed E-state index contributed by atoms with van der Waals surface area (Å²) in [6.45, 7) is 0.639. The Balaban J connectivity index is 1.69. The van der Waals surface area contributed by atoms with Gasteiger partial charge < -0.3 is 10.1 Å². The number of anilines is 1. The van der Waals surface area contributed by atoms with Crippen LogP contribution in [0.5, 0.6) is 0 Å². The second kappa shape index (κ2) is 7.27. The highest BCUT2D eigenvalue weighted by molar-refractivity contribution is 6.21. The first-order valence-electron chi connectivity index (χ1n) is 8.02. The highest BCUT2D eigenvalue weighted by Gasteiger charge is 2.42. The Kier molecular flexibility index (Phi) is 4.90. The molecular weight excluding hydrogens is 320 g/mol. The zero-order valence-electron chi connectivity index (χ0n) is 13.8. The molecule has 1 atom stereocenters. The van der Waals surface area contributed by atoms with Gasteiger partial charge in [-0.15, -0.1) is 0 Å². The van der Waals surface area contributed by atoms with Gasteiger partial charge in [-0.1, -0.05) is 30.3 Å². The van der Waals surface area contributed by atoms with Crippen LogP contribution in [0.4, 0.5) is 5.69 Å². The summed E-state index contributed by atoms with van der Waals surface area (Å²) >= 11 is 0. The third-order valence-electron chi connectivity index (χ3n) is 4.21. The Hall–Kier alpha value is -2.99. The van der Waals surface area contributed by atoms with Crippen LogP contribution in [0, 0.1) is 0 Å². The van der Waals surface area contributed by atoms with E-state index < -0.39 is 12.0 Å². The summed E-state index contributed by atoms with van der Waals surface area (Å²) in [7, 11) is 1.30. The summed E-state index contributed by atoms with van der Waals surface area (Å²) in [4.78, 5) is 37.5. The maximum absolute atomic E-state index is 12.6. The Labute approximate surface area is 145 Å². The van der Waals surface area contributed by atoms with E-state index in [1.165, 1.54) is 12.0 Å². The minimum absolute atomic E-state index is 0.171. The maximum Gasteiger partial charge on any atom is 0.337 e. The predicted octanol–water partition coefficient (Wildman–Crippen LogP) is 0.869. The van der Waals surface area contributed by atoms with Crippen LogP contribution in [-0.2, 0) is 20.9 Å². The van der Waals surface area contributed by atoms with Crippen molar-refractivity contribution in [1.82, 2.24) is 0 Å². The van der Waals surface area contributed by atoms with Crippen LogP contribution in [0.3, 0.4) is 0 Å². The van der Waals surface area contributed by atoms with Gasteiger partial charge in [0.1, 0.15) is 6.54 Å². The van der Waals surface area contributed by atoms with Crippen molar-refractivity contribution in [3.63, 3.8) is 0 Å². The number of ether oxygens (including phenoxy) is 1. The van der Waals surface area contributed by atoms with E-state index in [0.29, 0.717) is 17.8 Å². The number of nitrogens with two attached hydrogens (primary N) is 1. The van der Waals surface area contributed by atoms with Crippen molar-refractivity contribution in [3.8, 4) is 0 Å². The number of hydrogen-bond acceptors (Lipinski definition) is 4. The van der Waals surface area contributed by atoms with Crippen molar-refractivity contribution >= 4 is 23.5 Å². The van der Waals surface area contributed by atoms with Gasteiger partial charge in [-0.2, -0.15) is 0 Å². The largest absolute Gasteiger partial charge is 0.465 e. The molecule has 0 aromatic heterocycles. The van der Waals surface area contributed by atoms with Gasteiger partial charge in [0.15, 0.2) is 6.04 Å². The Morgan fingerprint density at radius 2 is 1.80 bits per heavy atom. The summed E-state index contributed by atoms with van der Waals surface area (Å²) in [6.07, 6.45) is 0.171. The van der Waals surface area contributed by atoms with Crippen molar-refractivity contribution < 1.29 is 24.4 Å². The smallest absolute Gasteiger partial charge is 0.337 e. The number of hydrogen-bond donors (Lipinski definition) is 1. The third-order valence-corrected chi connectivity index (χ3v) is 4.21. The van der Waals surface area contributed by atoms with Gasteiger partial charge in [-0.25, -0.2) is 9.69 Å². The van der Waals surface area contributed by atoms with Gasteiger partial charge in [-0.3, -0.25) is 9.59 Å². The van der Waals surface area contributed by atoms with E-state index in [1.807, 2.05) is 35.6 Å². The minimum atomic E-state index is -0.459. The van der Waals surface area contributed by atoms with Crippen molar-refractivity contribution in [2.24, 2.45) is 0 Å². The zero-order chi connectivity index (χ0) is 17.8. The van der Waals surface area contributed by atoms with E-state index in [-0.39, 0.29) is 18.2 Å². The lowest BCUT2D eigenvalue weighted by atomic mass is 10.2. The molecule has 2 aromatic carbocycles. The molecule has 1 aliphatic heterocycles. The highest BCUT2D eigenvalue weighted by atomic mass is 16.5. The zero-order valence-corrected chi connectivity index (χ0v) is 13.8. The van der Waals surface area contributed by atoms with Crippen LogP contribution >= 0.6 is 0 Å². The highest BCUT2D eigenvalue weighted by Crippen LogP contribution is 2.22. The lowest BCUT2D eigenvalue weighted by molar-refractivity contribution is -0.690. The van der Waals surface area contributed by atoms with Crippen molar-refractivity contribution in [2.75, 3.05) is 12.0 Å². The van der Waals surface area contributed by atoms with Gasteiger partial charge in [0.25, 0.3) is 5.91 Å². The molecule has 0 saturated carbocycles. The topological polar surface area (TPSA) is 80.3 Å². The van der Waals surface area contributed by atoms with E-state index in [4.69, 9.17) is 0 Å². The van der Waals surface area contributed by atoms with Crippen LogP contribution in [0.15, 0.2) is 54.6 Å². The molecule has 0 spiro atoms. The third kappa shape index (κ3) is 3.59. The lowest BCUT2D eigenvalue weighted by Gasteiger charge is -2.14. The fourth-order valence-corrected chi connectivity index (χ4v) is 2.87. The molecule has 1 fully saturated rings. The molecule has 2 aromatic rings. The number of rotatable bonds is 5. The quantitative estimate of drug-likeness (QED) is 0.647. The molecule has 1 aliphatic rings. The van der Waals surface area contributed by atoms with E-state index in [2.05, 4.69) is 4.74 Å². The molecule has 0 unspecified atom stereocenters. The van der Waals surface area contributed by atoms with Gasteiger partial charge >= 0.3 is 5.97 Å². The number of carbonyl (C=O) groups is 3. The number of quaternary nitrogens is 1. The molecule has 0 radical (unpaired) electrons. The van der Waals surface area contributed by atoms with Crippen LogP contribution in [0.2, 0.25) is 0 Å². The fourth-order valence-electron chi connectivity index (χ4n) is 2.87. The van der Waals surface area contributed by atoms with E-state index in [0.717, 1.165) is 5.56 Å². The molecule has 0 bridgehead atoms.